The number of allylic oxidation sites excluding steroid dienone is 1. The van der Waals surface area contributed by atoms with E-state index in [0.717, 1.165) is 21.4 Å². The van der Waals surface area contributed by atoms with Crippen molar-refractivity contribution in [2.24, 2.45) is 4.99 Å². The molecule has 44 heavy (non-hydrogen) atoms. The lowest BCUT2D eigenvalue weighted by atomic mass is 9.95. The van der Waals surface area contributed by atoms with Gasteiger partial charge >= 0.3 is 5.97 Å². The zero-order chi connectivity index (χ0) is 31.3. The van der Waals surface area contributed by atoms with Crippen molar-refractivity contribution in [1.29, 1.82) is 0 Å². The number of rotatable bonds is 6. The van der Waals surface area contributed by atoms with Gasteiger partial charge in [-0.05, 0) is 56.7 Å². The van der Waals surface area contributed by atoms with Gasteiger partial charge in [0.25, 0.3) is 11.5 Å². The largest absolute Gasteiger partial charge is 0.496 e. The molecule has 2 aliphatic rings. The van der Waals surface area contributed by atoms with Gasteiger partial charge in [0.15, 0.2) is 4.80 Å². The Morgan fingerprint density at radius 2 is 1.82 bits per heavy atom. The van der Waals surface area contributed by atoms with Gasteiger partial charge in [-0.15, -0.1) is 0 Å². The molecule has 0 bridgehead atoms. The molecule has 4 aromatic rings. The topological polar surface area (TPSA) is 90.2 Å². The number of nitrogens with zero attached hydrogens (tertiary/aromatic N) is 3. The number of fused-ring (bicyclic) bond motifs is 2. The zero-order valence-electron chi connectivity index (χ0n) is 24.3. The molecule has 0 N–H and O–H groups in total. The first kappa shape index (κ1) is 30.1. The van der Waals surface area contributed by atoms with Crippen LogP contribution in [0.25, 0.3) is 5.57 Å². The fourth-order valence-corrected chi connectivity index (χ4v) is 7.29. The molecule has 3 aromatic carbocycles. The van der Waals surface area contributed by atoms with E-state index in [1.807, 2.05) is 54.6 Å². The third kappa shape index (κ3) is 5.10. The van der Waals surface area contributed by atoms with Crippen LogP contribution in [0.15, 0.2) is 92.3 Å². The second-order valence-corrected chi connectivity index (χ2v) is 12.9. The van der Waals surface area contributed by atoms with Crippen LogP contribution in [-0.4, -0.2) is 29.7 Å². The van der Waals surface area contributed by atoms with Crippen molar-refractivity contribution in [1.82, 2.24) is 4.57 Å². The highest BCUT2D eigenvalue weighted by Gasteiger charge is 2.38. The van der Waals surface area contributed by atoms with E-state index in [2.05, 4.69) is 15.9 Å². The average Bonchev–Trinajstić information content (AvgIpc) is 3.45. The number of carbonyl (C=O) groups excluding carboxylic acids is 2. The van der Waals surface area contributed by atoms with Crippen LogP contribution in [0.4, 0.5) is 5.69 Å². The van der Waals surface area contributed by atoms with Gasteiger partial charge in [0.2, 0.25) is 0 Å². The van der Waals surface area contributed by atoms with Gasteiger partial charge < -0.3 is 14.4 Å². The second-order valence-electron chi connectivity index (χ2n) is 10.6. The summed E-state index contributed by atoms with van der Waals surface area (Å²) >= 11 is 11.1. The van der Waals surface area contributed by atoms with Crippen LogP contribution in [0.3, 0.4) is 0 Å². The maximum atomic E-state index is 14.5. The number of aromatic nitrogens is 1. The molecular weight excluding hydrogens is 666 g/mol. The smallest absolute Gasteiger partial charge is 0.338 e. The van der Waals surface area contributed by atoms with E-state index in [9.17, 15) is 14.4 Å². The number of ether oxygens (including phenoxy) is 2. The molecule has 0 spiro atoms. The number of hydrogen-bond donors (Lipinski definition) is 0. The molecule has 6 rings (SSSR count). The van der Waals surface area contributed by atoms with Crippen molar-refractivity contribution >= 4 is 62.0 Å². The van der Waals surface area contributed by atoms with E-state index in [1.54, 1.807) is 37.8 Å². The van der Waals surface area contributed by atoms with Crippen LogP contribution < -0.4 is 24.5 Å². The average molecular weight is 693 g/mol. The van der Waals surface area contributed by atoms with Gasteiger partial charge in [0.1, 0.15) is 16.3 Å². The highest BCUT2D eigenvalue weighted by Crippen LogP contribution is 2.39. The summed E-state index contributed by atoms with van der Waals surface area (Å²) in [6, 6.07) is 19.2. The molecule has 0 aliphatic carbocycles. The highest BCUT2D eigenvalue weighted by molar-refractivity contribution is 9.10. The number of esters is 1. The van der Waals surface area contributed by atoms with E-state index in [1.165, 1.54) is 11.7 Å². The molecule has 3 heterocycles. The number of benzene rings is 3. The summed E-state index contributed by atoms with van der Waals surface area (Å²) in [7, 11) is 1.53. The Hall–Kier alpha value is -3.99. The molecule has 1 amide bonds. The number of methoxy groups -OCH3 is 1. The van der Waals surface area contributed by atoms with E-state index in [4.69, 9.17) is 26.1 Å². The molecule has 2 aliphatic heterocycles. The standard InChI is InChI=1S/C33H27BrClN3O5S/c1-17(2)43-32(41)26-18(3)36-33-38(28(26)22-15-20(34)13-14-25(22)42-4)31(40)29(44-33)27-21-10-6-8-12-24(21)37(30(27)39)16-19-9-5-7-11-23(19)35/h5-15,17,28H,16H2,1-4H3/b29-27-/t28-/m1/s1. The molecule has 11 heteroatoms. The molecule has 0 fully saturated rings. The van der Waals surface area contributed by atoms with Crippen molar-refractivity contribution < 1.29 is 19.1 Å². The van der Waals surface area contributed by atoms with Gasteiger partial charge in [-0.25, -0.2) is 9.79 Å². The van der Waals surface area contributed by atoms with Crippen LogP contribution in [0, 0.1) is 0 Å². The fourth-order valence-electron chi connectivity index (χ4n) is 5.58. The Bertz CT molecular complexity index is 2070. The molecule has 0 saturated carbocycles. The Morgan fingerprint density at radius 3 is 2.55 bits per heavy atom. The molecule has 1 atom stereocenters. The van der Waals surface area contributed by atoms with E-state index >= 15 is 0 Å². The van der Waals surface area contributed by atoms with Gasteiger partial charge in [-0.1, -0.05) is 75.3 Å². The normalized spacial score (nSPS) is 17.0. The maximum Gasteiger partial charge on any atom is 0.338 e. The molecule has 1 aromatic heterocycles. The van der Waals surface area contributed by atoms with E-state index in [-0.39, 0.29) is 28.1 Å². The first-order valence-electron chi connectivity index (χ1n) is 13.8. The van der Waals surface area contributed by atoms with Crippen LogP contribution in [0.5, 0.6) is 5.75 Å². The lowest BCUT2D eigenvalue weighted by Gasteiger charge is -2.26. The number of carbonyl (C=O) groups is 2. The lowest BCUT2D eigenvalue weighted by molar-refractivity contribution is -0.143. The first-order valence-corrected chi connectivity index (χ1v) is 15.8. The predicted molar refractivity (Wildman–Crippen MR) is 174 cm³/mol. The minimum Gasteiger partial charge on any atom is -0.496 e. The summed E-state index contributed by atoms with van der Waals surface area (Å²) in [4.78, 5) is 48.9. The quantitative estimate of drug-likeness (QED) is 0.248. The minimum absolute atomic E-state index is 0.220. The summed E-state index contributed by atoms with van der Waals surface area (Å²) in [5, 5.41) is 0.546. The Balaban J connectivity index is 1.61. The van der Waals surface area contributed by atoms with Crippen LogP contribution in [0.2, 0.25) is 5.02 Å². The molecule has 0 saturated heterocycles. The van der Waals surface area contributed by atoms with Crippen molar-refractivity contribution in [3.8, 4) is 5.75 Å². The zero-order valence-corrected chi connectivity index (χ0v) is 27.4. The Labute approximate surface area is 270 Å². The van der Waals surface area contributed by atoms with E-state index in [0.29, 0.717) is 38.1 Å². The second kappa shape index (κ2) is 11.8. The van der Waals surface area contributed by atoms with Crippen molar-refractivity contribution in [2.75, 3.05) is 12.0 Å². The number of anilines is 1. The predicted octanol–water partition coefficient (Wildman–Crippen LogP) is 5.53. The van der Waals surface area contributed by atoms with Crippen molar-refractivity contribution in [3.63, 3.8) is 0 Å². The summed E-state index contributed by atoms with van der Waals surface area (Å²) in [6.07, 6.45) is -0.392. The number of para-hydroxylation sites is 1. The number of halogens is 2. The fraction of sp³-hybridized carbons (Fsp3) is 0.212. The molecule has 224 valence electrons. The SMILES string of the molecule is COc1ccc(Br)cc1[C@@H]1C(C(=O)OC(C)C)=C(C)N=c2s/c(=C3\C(=O)N(Cc4ccccc4Cl)c4ccccc43)c(=O)n21. The highest BCUT2D eigenvalue weighted by atomic mass is 79.9. The van der Waals surface area contributed by atoms with Crippen LogP contribution >= 0.6 is 38.9 Å². The Morgan fingerprint density at radius 1 is 1.09 bits per heavy atom. The minimum atomic E-state index is -0.912. The molecule has 0 radical (unpaired) electrons. The summed E-state index contributed by atoms with van der Waals surface area (Å²) in [5.41, 5.74) is 3.15. The first-order chi connectivity index (χ1) is 21.1. The third-order valence-corrected chi connectivity index (χ3v) is 9.40. The molecule has 0 unspecified atom stereocenters. The number of hydrogen-bond acceptors (Lipinski definition) is 7. The van der Waals surface area contributed by atoms with Gasteiger partial charge in [0.05, 0.1) is 42.3 Å². The molecule has 8 nitrogen and oxygen atoms in total. The third-order valence-electron chi connectivity index (χ3n) is 7.48. The maximum absolute atomic E-state index is 14.5. The summed E-state index contributed by atoms with van der Waals surface area (Å²) in [6.45, 7) is 5.48. The summed E-state index contributed by atoms with van der Waals surface area (Å²) < 4.78 is 13.7. The van der Waals surface area contributed by atoms with Gasteiger partial charge in [-0.3, -0.25) is 14.2 Å². The van der Waals surface area contributed by atoms with Crippen molar-refractivity contribution in [2.45, 2.75) is 39.5 Å². The Kier molecular flexibility index (Phi) is 8.08. The van der Waals surface area contributed by atoms with E-state index < -0.39 is 23.7 Å². The van der Waals surface area contributed by atoms with Crippen molar-refractivity contribution in [3.05, 3.63) is 124 Å². The van der Waals surface area contributed by atoms with Gasteiger partial charge in [0, 0.05) is 20.6 Å². The monoisotopic (exact) mass is 691 g/mol. The lowest BCUT2D eigenvalue weighted by Crippen LogP contribution is -2.41. The van der Waals surface area contributed by atoms with Crippen LogP contribution in [0.1, 0.15) is 43.5 Å². The number of amides is 1. The van der Waals surface area contributed by atoms with Crippen LogP contribution in [-0.2, 0) is 20.9 Å². The van der Waals surface area contributed by atoms with Gasteiger partial charge in [-0.2, -0.15) is 0 Å². The summed E-state index contributed by atoms with van der Waals surface area (Å²) in [5.74, 6) is -0.420. The molecular formula is C33H27BrClN3O5S. The number of thiazole rings is 1.